The lowest BCUT2D eigenvalue weighted by molar-refractivity contribution is 0.0696. The summed E-state index contributed by atoms with van der Waals surface area (Å²) < 4.78 is 2.05. The van der Waals surface area contributed by atoms with Crippen LogP contribution in [0.15, 0.2) is 89.8 Å². The predicted molar refractivity (Wildman–Crippen MR) is 158 cm³/mol. The molecule has 6 heteroatoms. The summed E-state index contributed by atoms with van der Waals surface area (Å²) in [6, 6.07) is 28.6. The summed E-state index contributed by atoms with van der Waals surface area (Å²) in [4.78, 5) is 12.3. The lowest BCUT2D eigenvalue weighted by Gasteiger charge is -2.29. The summed E-state index contributed by atoms with van der Waals surface area (Å²) in [6.07, 6.45) is 0.374. The van der Waals surface area contributed by atoms with Gasteiger partial charge in [0.15, 0.2) is 0 Å². The second kappa shape index (κ2) is 12.1. The number of aliphatic hydroxyl groups is 1. The van der Waals surface area contributed by atoms with Crippen LogP contribution in [0, 0.1) is 6.92 Å². The molecule has 198 valence electrons. The number of carbonyl (C=O) groups is 1. The minimum absolute atomic E-state index is 0.147. The number of benzene rings is 4. The zero-order valence-electron chi connectivity index (χ0n) is 22.4. The maximum atomic E-state index is 11.3. The van der Waals surface area contributed by atoms with E-state index in [1.807, 2.05) is 54.7 Å². The minimum atomic E-state index is -0.908. The molecule has 0 unspecified atom stereocenters. The fourth-order valence-electron chi connectivity index (χ4n) is 4.69. The number of rotatable bonds is 11. The summed E-state index contributed by atoms with van der Waals surface area (Å²) in [5, 5.41) is 26.0. The number of fused-ring (bicyclic) bond motifs is 1. The van der Waals surface area contributed by atoms with E-state index >= 15 is 0 Å². The molecule has 0 aliphatic heterocycles. The van der Waals surface area contributed by atoms with Crippen molar-refractivity contribution in [3.8, 4) is 11.1 Å². The third-order valence-electron chi connectivity index (χ3n) is 6.65. The van der Waals surface area contributed by atoms with E-state index in [9.17, 15) is 15.0 Å². The van der Waals surface area contributed by atoms with Gasteiger partial charge in [0.05, 0.1) is 11.7 Å². The molecule has 38 heavy (non-hydrogen) atoms. The Bertz CT molecular complexity index is 1400. The molecule has 0 saturated carbocycles. The first kappa shape index (κ1) is 27.9. The average molecular weight is 529 g/mol. The molecular weight excluding hydrogens is 492 g/mol. The average Bonchev–Trinajstić information content (AvgIpc) is 2.87. The van der Waals surface area contributed by atoms with Crippen molar-refractivity contribution in [3.63, 3.8) is 0 Å². The number of nitrogens with zero attached hydrogens (tertiary/aromatic N) is 1. The van der Waals surface area contributed by atoms with Crippen LogP contribution in [0.4, 0.5) is 0 Å². The largest absolute Gasteiger partial charge is 0.478 e. The van der Waals surface area contributed by atoms with Gasteiger partial charge >= 0.3 is 5.97 Å². The van der Waals surface area contributed by atoms with Crippen LogP contribution < -0.4 is 5.32 Å². The van der Waals surface area contributed by atoms with Gasteiger partial charge in [-0.15, -0.1) is 0 Å². The zero-order valence-corrected chi connectivity index (χ0v) is 23.3. The number of hydrogen-bond donors (Lipinski definition) is 3. The van der Waals surface area contributed by atoms with E-state index < -0.39 is 12.1 Å². The van der Waals surface area contributed by atoms with Crippen molar-refractivity contribution in [2.24, 2.45) is 0 Å². The third-order valence-corrected chi connectivity index (χ3v) is 7.59. The highest BCUT2D eigenvalue weighted by Gasteiger charge is 2.20. The van der Waals surface area contributed by atoms with Gasteiger partial charge in [0.1, 0.15) is 0 Å². The molecule has 1 atom stereocenters. The molecule has 0 heterocycles. The second-order valence-corrected chi connectivity index (χ2v) is 11.8. The normalized spacial score (nSPS) is 12.7. The Morgan fingerprint density at radius 2 is 1.63 bits per heavy atom. The molecule has 0 radical (unpaired) electrons. The van der Waals surface area contributed by atoms with Crippen molar-refractivity contribution < 1.29 is 15.0 Å². The Balaban J connectivity index is 1.26. The van der Waals surface area contributed by atoms with Crippen LogP contribution in [0.2, 0.25) is 0 Å². The number of hydrogen-bond acceptors (Lipinski definition) is 5. The zero-order chi connectivity index (χ0) is 27.3. The number of carboxylic acid groups (broad SMARTS) is 1. The summed E-state index contributed by atoms with van der Waals surface area (Å²) >= 11 is 1.59. The summed E-state index contributed by atoms with van der Waals surface area (Å²) in [5.74, 6) is -0.908. The number of nitrogens with one attached hydrogen (secondary N) is 1. The molecule has 4 aromatic carbocycles. The number of aliphatic hydroxyl groups excluding tert-OH is 1. The van der Waals surface area contributed by atoms with E-state index in [0.29, 0.717) is 18.7 Å². The molecule has 0 bridgehead atoms. The molecule has 0 fully saturated rings. The molecule has 4 rings (SSSR count). The van der Waals surface area contributed by atoms with Crippen LogP contribution in [0.5, 0.6) is 0 Å². The van der Waals surface area contributed by atoms with Gasteiger partial charge < -0.3 is 15.5 Å². The van der Waals surface area contributed by atoms with Crippen molar-refractivity contribution in [1.82, 2.24) is 9.62 Å². The quantitative estimate of drug-likeness (QED) is 0.195. The maximum absolute atomic E-state index is 11.3. The van der Waals surface area contributed by atoms with E-state index in [0.717, 1.165) is 28.0 Å². The molecule has 5 nitrogen and oxygen atoms in total. The SMILES string of the molecule is Cc1cc(-c2ccc(SN(C)C[C@H](O)CNC(C)(C)Cc3ccc4ccccc4c3)cc2)ccc1C(=O)O. The Kier molecular flexibility index (Phi) is 8.90. The second-order valence-electron chi connectivity index (χ2n) is 10.5. The fraction of sp³-hybridized carbons (Fsp3) is 0.281. The van der Waals surface area contributed by atoms with E-state index in [1.165, 1.54) is 16.3 Å². The van der Waals surface area contributed by atoms with Gasteiger partial charge in [-0.25, -0.2) is 9.10 Å². The van der Waals surface area contributed by atoms with Gasteiger partial charge in [0.25, 0.3) is 0 Å². The van der Waals surface area contributed by atoms with Crippen molar-refractivity contribution in [2.45, 2.75) is 43.7 Å². The van der Waals surface area contributed by atoms with Crippen molar-refractivity contribution in [1.29, 1.82) is 0 Å². The Morgan fingerprint density at radius 1 is 0.947 bits per heavy atom. The van der Waals surface area contributed by atoms with Gasteiger partial charge in [-0.2, -0.15) is 0 Å². The Morgan fingerprint density at radius 3 is 2.32 bits per heavy atom. The lowest BCUT2D eigenvalue weighted by Crippen LogP contribution is -2.46. The van der Waals surface area contributed by atoms with Crippen molar-refractivity contribution in [2.75, 3.05) is 20.1 Å². The van der Waals surface area contributed by atoms with Crippen LogP contribution in [-0.2, 0) is 6.42 Å². The number of β-amino-alcohol motifs (C(OH)–C–C–N with tert-alkyl or cyclic N) is 1. The maximum Gasteiger partial charge on any atom is 0.335 e. The highest BCUT2D eigenvalue weighted by Crippen LogP contribution is 2.27. The molecular formula is C32H36N2O3S. The topological polar surface area (TPSA) is 72.8 Å². The van der Waals surface area contributed by atoms with E-state index in [-0.39, 0.29) is 5.54 Å². The molecule has 0 saturated heterocycles. The molecule has 0 aromatic heterocycles. The highest BCUT2D eigenvalue weighted by atomic mass is 32.2. The van der Waals surface area contributed by atoms with E-state index in [4.69, 9.17) is 0 Å². The number of aryl methyl sites for hydroxylation is 1. The van der Waals surface area contributed by atoms with Gasteiger partial charge in [0.2, 0.25) is 0 Å². The molecule has 0 amide bonds. The summed E-state index contributed by atoms with van der Waals surface area (Å²) in [7, 11) is 1.98. The van der Waals surface area contributed by atoms with Crippen LogP contribution in [0.3, 0.4) is 0 Å². The first-order valence-electron chi connectivity index (χ1n) is 12.8. The van der Waals surface area contributed by atoms with E-state index in [1.54, 1.807) is 18.0 Å². The Labute approximate surface area is 229 Å². The van der Waals surface area contributed by atoms with Crippen LogP contribution in [0.25, 0.3) is 21.9 Å². The molecule has 3 N–H and O–H groups in total. The monoisotopic (exact) mass is 528 g/mol. The first-order chi connectivity index (χ1) is 18.1. The van der Waals surface area contributed by atoms with Gasteiger partial charge in [0, 0.05) is 23.5 Å². The minimum Gasteiger partial charge on any atom is -0.478 e. The van der Waals surface area contributed by atoms with Gasteiger partial charge in [-0.3, -0.25) is 0 Å². The van der Waals surface area contributed by atoms with Crippen LogP contribution >= 0.6 is 11.9 Å². The van der Waals surface area contributed by atoms with Crippen molar-refractivity contribution >= 4 is 28.7 Å². The predicted octanol–water partition coefficient (Wildman–Crippen LogP) is 6.42. The summed E-state index contributed by atoms with van der Waals surface area (Å²) in [5.41, 5.74) is 4.23. The molecule has 0 aliphatic carbocycles. The Hall–Kier alpha value is -3.16. The standard InChI is InChI=1S/C32H36N2O3S/c1-22-17-27(13-16-30(22)31(36)37)25-11-14-29(15-12-25)38-34(4)21-28(35)20-33-32(2,3)19-23-9-10-24-7-5-6-8-26(24)18-23/h5-18,28,33,35H,19-21H2,1-4H3,(H,36,37)/t28-/m1/s1. The third kappa shape index (κ3) is 7.45. The number of carboxylic acids is 1. The molecule has 4 aromatic rings. The smallest absolute Gasteiger partial charge is 0.335 e. The lowest BCUT2D eigenvalue weighted by atomic mass is 9.93. The summed E-state index contributed by atoms with van der Waals surface area (Å²) in [6.45, 7) is 7.20. The molecule has 0 spiro atoms. The first-order valence-corrected chi connectivity index (χ1v) is 13.6. The van der Waals surface area contributed by atoms with Crippen molar-refractivity contribution in [3.05, 3.63) is 102 Å². The van der Waals surface area contributed by atoms with Crippen LogP contribution in [0.1, 0.15) is 35.3 Å². The number of aromatic carboxylic acids is 1. The molecule has 0 aliphatic rings. The van der Waals surface area contributed by atoms with Crippen LogP contribution in [-0.4, -0.2) is 52.3 Å². The van der Waals surface area contributed by atoms with Gasteiger partial charge in [-0.05, 0) is 97.4 Å². The number of likely N-dealkylation sites (N-methyl/N-ethyl adjacent to an activating group) is 1. The van der Waals surface area contributed by atoms with Gasteiger partial charge in [-0.1, -0.05) is 66.7 Å². The fourth-order valence-corrected chi connectivity index (χ4v) is 5.55. The van der Waals surface area contributed by atoms with E-state index in [2.05, 4.69) is 61.6 Å². The highest BCUT2D eigenvalue weighted by molar-refractivity contribution is 7.97.